The molecule has 1 aliphatic rings. The summed E-state index contributed by atoms with van der Waals surface area (Å²) in [5, 5.41) is 8.38. The number of ether oxygens (including phenoxy) is 2. The molecule has 0 bridgehead atoms. The Morgan fingerprint density at radius 1 is 1.00 bits per heavy atom. The average Bonchev–Trinajstić information content (AvgIpc) is 2.87. The number of likely N-dealkylation sites (N-methyl/N-ethyl adjacent to an activating group) is 1. The molecule has 34 heavy (non-hydrogen) atoms. The number of fused-ring (bicyclic) bond motifs is 1. The molecule has 0 radical (unpaired) electrons. The van der Waals surface area contributed by atoms with Gasteiger partial charge in [-0.2, -0.15) is 9.78 Å². The lowest BCUT2D eigenvalue weighted by molar-refractivity contribution is 0.0944. The number of nitrogens with one attached hydrogen (secondary N) is 1. The third-order valence-corrected chi connectivity index (χ3v) is 6.13. The lowest BCUT2D eigenvalue weighted by atomic mass is 10.1. The molecule has 9 heteroatoms. The maximum absolute atomic E-state index is 13.2. The summed E-state index contributed by atoms with van der Waals surface area (Å²) < 4.78 is 11.9. The second kappa shape index (κ2) is 10.7. The van der Waals surface area contributed by atoms with Crippen LogP contribution in [0.4, 0.5) is 0 Å². The van der Waals surface area contributed by atoms with Gasteiger partial charge in [-0.25, -0.2) is 0 Å². The normalized spacial score (nSPS) is 14.8. The van der Waals surface area contributed by atoms with E-state index in [1.54, 1.807) is 42.5 Å². The monoisotopic (exact) mass is 465 g/mol. The first-order valence-corrected chi connectivity index (χ1v) is 11.4. The number of hydrogen-bond acceptors (Lipinski definition) is 7. The fraction of sp³-hybridized carbons (Fsp3) is 0.400. The summed E-state index contributed by atoms with van der Waals surface area (Å²) in [6.07, 6.45) is 0.847. The molecule has 1 aromatic heterocycles. The molecular weight excluding hydrogens is 434 g/mol. The van der Waals surface area contributed by atoms with Crippen LogP contribution < -0.4 is 20.3 Å². The third kappa shape index (κ3) is 5.21. The van der Waals surface area contributed by atoms with Crippen LogP contribution in [0.1, 0.15) is 16.9 Å². The standard InChI is InChI=1S/C25H31N5O4/c1-28-11-13-29(14-12-28)10-6-9-26-24(31)23-21-7-4-5-8-22(21)25(32)30(27-23)18-15-19(33-2)17-20(16-18)34-3/h4-5,7-8,15-17H,6,9-14H2,1-3H3,(H,26,31). The quantitative estimate of drug-likeness (QED) is 0.507. The summed E-state index contributed by atoms with van der Waals surface area (Å²) in [5.74, 6) is 0.732. The molecule has 1 fully saturated rings. The van der Waals surface area contributed by atoms with E-state index in [1.807, 2.05) is 0 Å². The van der Waals surface area contributed by atoms with E-state index in [0.717, 1.165) is 39.1 Å². The topological polar surface area (TPSA) is 88.9 Å². The minimum absolute atomic E-state index is 0.205. The SMILES string of the molecule is COc1cc(OC)cc(-n2nc(C(=O)NCCCN3CCN(C)CC3)c3ccccc3c2=O)c1. The molecule has 1 aliphatic heterocycles. The molecular formula is C25H31N5O4. The Kier molecular flexibility index (Phi) is 7.44. The van der Waals surface area contributed by atoms with Crippen molar-refractivity contribution in [3.8, 4) is 17.2 Å². The second-order valence-corrected chi connectivity index (χ2v) is 8.44. The zero-order valence-corrected chi connectivity index (χ0v) is 19.9. The molecule has 180 valence electrons. The number of aromatic nitrogens is 2. The highest BCUT2D eigenvalue weighted by Crippen LogP contribution is 2.25. The molecule has 9 nitrogen and oxygen atoms in total. The maximum atomic E-state index is 13.2. The van der Waals surface area contributed by atoms with Crippen molar-refractivity contribution in [1.82, 2.24) is 24.9 Å². The second-order valence-electron chi connectivity index (χ2n) is 8.44. The molecule has 2 aromatic carbocycles. The number of amides is 1. The van der Waals surface area contributed by atoms with Gasteiger partial charge >= 0.3 is 0 Å². The van der Waals surface area contributed by atoms with Crippen molar-refractivity contribution in [2.24, 2.45) is 0 Å². The van der Waals surface area contributed by atoms with Crippen LogP contribution in [0, 0.1) is 0 Å². The van der Waals surface area contributed by atoms with E-state index in [-0.39, 0.29) is 17.2 Å². The van der Waals surface area contributed by atoms with E-state index >= 15 is 0 Å². The first-order valence-electron chi connectivity index (χ1n) is 11.4. The Balaban J connectivity index is 1.58. The molecule has 3 aromatic rings. The van der Waals surface area contributed by atoms with Gasteiger partial charge in [-0.15, -0.1) is 0 Å². The van der Waals surface area contributed by atoms with Gasteiger partial charge in [0.1, 0.15) is 11.5 Å². The number of nitrogens with zero attached hydrogens (tertiary/aromatic N) is 4. The summed E-state index contributed by atoms with van der Waals surface area (Å²) in [5.41, 5.74) is 0.338. The van der Waals surface area contributed by atoms with Gasteiger partial charge in [0.25, 0.3) is 11.5 Å². The minimum Gasteiger partial charge on any atom is -0.497 e. The van der Waals surface area contributed by atoms with Gasteiger partial charge in [0.2, 0.25) is 0 Å². The first-order chi connectivity index (χ1) is 16.5. The summed E-state index contributed by atoms with van der Waals surface area (Å²) >= 11 is 0. The Bertz CT molecular complexity index is 1200. The molecule has 1 saturated heterocycles. The van der Waals surface area contributed by atoms with Crippen molar-refractivity contribution in [3.05, 3.63) is 58.5 Å². The van der Waals surface area contributed by atoms with Crippen molar-refractivity contribution >= 4 is 16.7 Å². The highest BCUT2D eigenvalue weighted by molar-refractivity contribution is 6.04. The predicted octanol–water partition coefficient (Wildman–Crippen LogP) is 1.77. The Morgan fingerprint density at radius 2 is 1.65 bits per heavy atom. The van der Waals surface area contributed by atoms with E-state index in [0.29, 0.717) is 34.5 Å². The average molecular weight is 466 g/mol. The van der Waals surface area contributed by atoms with Crippen LogP contribution in [-0.4, -0.2) is 86.0 Å². The van der Waals surface area contributed by atoms with Crippen LogP contribution >= 0.6 is 0 Å². The Morgan fingerprint density at radius 3 is 2.29 bits per heavy atom. The van der Waals surface area contributed by atoms with Gasteiger partial charge in [-0.3, -0.25) is 9.59 Å². The lowest BCUT2D eigenvalue weighted by Gasteiger charge is -2.32. The molecule has 1 amide bonds. The van der Waals surface area contributed by atoms with Gasteiger partial charge in [-0.1, -0.05) is 18.2 Å². The third-order valence-electron chi connectivity index (χ3n) is 6.13. The van der Waals surface area contributed by atoms with Crippen LogP contribution in [0.15, 0.2) is 47.3 Å². The molecule has 0 unspecified atom stereocenters. The van der Waals surface area contributed by atoms with Crippen LogP contribution in [0.5, 0.6) is 11.5 Å². The number of carbonyl (C=O) groups excluding carboxylic acids is 1. The number of methoxy groups -OCH3 is 2. The van der Waals surface area contributed by atoms with Crippen molar-refractivity contribution < 1.29 is 14.3 Å². The smallest absolute Gasteiger partial charge is 0.279 e. The molecule has 2 heterocycles. The number of hydrogen-bond donors (Lipinski definition) is 1. The van der Waals surface area contributed by atoms with E-state index < -0.39 is 0 Å². The largest absolute Gasteiger partial charge is 0.497 e. The van der Waals surface area contributed by atoms with Gasteiger partial charge in [0, 0.05) is 56.3 Å². The minimum atomic E-state index is -0.322. The summed E-state index contributed by atoms with van der Waals surface area (Å²) in [6, 6.07) is 12.1. The van der Waals surface area contributed by atoms with Gasteiger partial charge in [-0.05, 0) is 26.1 Å². The summed E-state index contributed by atoms with van der Waals surface area (Å²) in [6.45, 7) is 5.70. The summed E-state index contributed by atoms with van der Waals surface area (Å²) in [4.78, 5) is 31.1. The van der Waals surface area contributed by atoms with E-state index in [9.17, 15) is 9.59 Å². The zero-order chi connectivity index (χ0) is 24.1. The molecule has 0 atom stereocenters. The van der Waals surface area contributed by atoms with Gasteiger partial charge in [0.05, 0.1) is 25.3 Å². The predicted molar refractivity (Wildman–Crippen MR) is 131 cm³/mol. The highest BCUT2D eigenvalue weighted by Gasteiger charge is 2.19. The Labute approximate surface area is 198 Å². The maximum Gasteiger partial charge on any atom is 0.279 e. The van der Waals surface area contributed by atoms with Crippen LogP contribution in [0.25, 0.3) is 16.5 Å². The first kappa shape index (κ1) is 23.7. The van der Waals surface area contributed by atoms with Crippen LogP contribution in [0.2, 0.25) is 0 Å². The van der Waals surface area contributed by atoms with Crippen molar-refractivity contribution in [2.45, 2.75) is 6.42 Å². The zero-order valence-electron chi connectivity index (χ0n) is 19.9. The van der Waals surface area contributed by atoms with E-state index in [2.05, 4.69) is 27.3 Å². The summed E-state index contributed by atoms with van der Waals surface area (Å²) in [7, 11) is 5.21. The van der Waals surface area contributed by atoms with E-state index in [4.69, 9.17) is 9.47 Å². The molecule has 1 N–H and O–H groups in total. The molecule has 4 rings (SSSR count). The number of rotatable bonds is 8. The number of piperazine rings is 1. The molecule has 0 spiro atoms. The van der Waals surface area contributed by atoms with Crippen molar-refractivity contribution in [1.29, 1.82) is 0 Å². The van der Waals surface area contributed by atoms with Gasteiger partial charge < -0.3 is 24.6 Å². The van der Waals surface area contributed by atoms with Crippen molar-refractivity contribution in [3.63, 3.8) is 0 Å². The molecule has 0 aliphatic carbocycles. The van der Waals surface area contributed by atoms with Crippen LogP contribution in [-0.2, 0) is 0 Å². The fourth-order valence-electron chi connectivity index (χ4n) is 4.11. The highest BCUT2D eigenvalue weighted by atomic mass is 16.5. The molecule has 0 saturated carbocycles. The van der Waals surface area contributed by atoms with Crippen LogP contribution in [0.3, 0.4) is 0 Å². The number of benzene rings is 2. The Hall–Kier alpha value is -3.43. The van der Waals surface area contributed by atoms with Crippen molar-refractivity contribution in [2.75, 3.05) is 60.5 Å². The van der Waals surface area contributed by atoms with E-state index in [1.165, 1.54) is 18.9 Å². The number of carbonyl (C=O) groups is 1. The fourth-order valence-corrected chi connectivity index (χ4v) is 4.11. The van der Waals surface area contributed by atoms with Gasteiger partial charge in [0.15, 0.2) is 5.69 Å². The lowest BCUT2D eigenvalue weighted by Crippen LogP contribution is -2.45.